The van der Waals surface area contributed by atoms with E-state index in [0.717, 1.165) is 12.0 Å². The van der Waals surface area contributed by atoms with Crippen molar-refractivity contribution in [2.24, 2.45) is 5.92 Å². The van der Waals surface area contributed by atoms with Crippen LogP contribution in [-0.2, 0) is 4.79 Å². The van der Waals surface area contributed by atoms with Gasteiger partial charge >= 0.3 is 0 Å². The van der Waals surface area contributed by atoms with E-state index in [1.807, 2.05) is 31.2 Å². The Balaban J connectivity index is 1.68. The average Bonchev–Trinajstić information content (AvgIpc) is 2.65. The lowest BCUT2D eigenvalue weighted by Gasteiger charge is -2.32. The Labute approximate surface area is 159 Å². The highest BCUT2D eigenvalue weighted by Crippen LogP contribution is 2.21. The molecule has 0 spiro atoms. The molecule has 1 saturated heterocycles. The highest BCUT2D eigenvalue weighted by Gasteiger charge is 2.29. The number of amides is 2. The quantitative estimate of drug-likeness (QED) is 0.804. The van der Waals surface area contributed by atoms with Crippen molar-refractivity contribution >= 4 is 33.4 Å². The zero-order valence-corrected chi connectivity index (χ0v) is 16.0. The number of nitrogens with zero attached hydrogens (tertiary/aromatic N) is 1. The van der Waals surface area contributed by atoms with E-state index in [-0.39, 0.29) is 29.0 Å². The molecule has 2 N–H and O–H groups in total. The number of pyridine rings is 1. The van der Waals surface area contributed by atoms with Gasteiger partial charge in [-0.15, -0.1) is 0 Å². The standard InChI is InChI=1S/C19H20BrN3O3/c1-12-4-6-13(7-5-12)19(26)23-8-2-3-14(11-23)17(24)22-16-9-15(20)10-21-18(16)25/h4-7,9-10,14H,2-3,8,11H2,1H3,(H,21,25)(H,22,24). The molecular formula is C19H20BrN3O3. The first-order valence-corrected chi connectivity index (χ1v) is 9.28. The fourth-order valence-electron chi connectivity index (χ4n) is 3.04. The van der Waals surface area contributed by atoms with Crippen LogP contribution in [0.1, 0.15) is 28.8 Å². The van der Waals surface area contributed by atoms with Gasteiger partial charge < -0.3 is 15.2 Å². The van der Waals surface area contributed by atoms with Gasteiger partial charge in [-0.25, -0.2) is 0 Å². The normalized spacial score (nSPS) is 17.0. The van der Waals surface area contributed by atoms with Crippen LogP contribution in [0.15, 0.2) is 45.8 Å². The van der Waals surface area contributed by atoms with Gasteiger partial charge in [0, 0.05) is 29.3 Å². The number of nitrogens with one attached hydrogen (secondary N) is 2. The van der Waals surface area contributed by atoms with E-state index in [0.29, 0.717) is 29.5 Å². The van der Waals surface area contributed by atoms with Crippen LogP contribution in [0.5, 0.6) is 0 Å². The van der Waals surface area contributed by atoms with Gasteiger partial charge in [-0.05, 0) is 53.9 Å². The smallest absolute Gasteiger partial charge is 0.271 e. The molecule has 3 rings (SSSR count). The second kappa shape index (κ2) is 7.86. The molecule has 0 aliphatic carbocycles. The number of anilines is 1. The summed E-state index contributed by atoms with van der Waals surface area (Å²) in [5, 5.41) is 2.68. The van der Waals surface area contributed by atoms with Crippen molar-refractivity contribution in [3.63, 3.8) is 0 Å². The van der Waals surface area contributed by atoms with Crippen LogP contribution in [0.2, 0.25) is 0 Å². The summed E-state index contributed by atoms with van der Waals surface area (Å²) in [5.41, 5.74) is 1.56. The van der Waals surface area contributed by atoms with Crippen molar-refractivity contribution in [1.29, 1.82) is 0 Å². The third-order valence-electron chi connectivity index (χ3n) is 4.50. The predicted molar refractivity (Wildman–Crippen MR) is 103 cm³/mol. The number of aromatic amines is 1. The van der Waals surface area contributed by atoms with Crippen molar-refractivity contribution in [3.8, 4) is 0 Å². The molecule has 136 valence electrons. The van der Waals surface area contributed by atoms with Crippen molar-refractivity contribution in [3.05, 3.63) is 62.5 Å². The fraction of sp³-hybridized carbons (Fsp3) is 0.316. The zero-order chi connectivity index (χ0) is 18.7. The molecule has 6 nitrogen and oxygen atoms in total. The highest BCUT2D eigenvalue weighted by atomic mass is 79.9. The largest absolute Gasteiger partial charge is 0.338 e. The Bertz CT molecular complexity index is 876. The van der Waals surface area contributed by atoms with Gasteiger partial charge in [-0.1, -0.05) is 17.7 Å². The second-order valence-corrected chi connectivity index (χ2v) is 7.42. The number of aryl methyl sites for hydroxylation is 1. The summed E-state index contributed by atoms with van der Waals surface area (Å²) in [7, 11) is 0. The monoisotopic (exact) mass is 417 g/mol. The number of hydrogen-bond acceptors (Lipinski definition) is 3. The van der Waals surface area contributed by atoms with E-state index >= 15 is 0 Å². The Hall–Kier alpha value is -2.41. The molecule has 2 heterocycles. The lowest BCUT2D eigenvalue weighted by molar-refractivity contribution is -0.121. The zero-order valence-electron chi connectivity index (χ0n) is 14.4. The molecule has 26 heavy (non-hydrogen) atoms. The molecule has 7 heteroatoms. The number of carbonyl (C=O) groups excluding carboxylic acids is 2. The van der Waals surface area contributed by atoms with Gasteiger partial charge in [0.15, 0.2) is 0 Å². The molecule has 1 aromatic heterocycles. The van der Waals surface area contributed by atoms with Gasteiger partial charge in [-0.2, -0.15) is 0 Å². The summed E-state index contributed by atoms with van der Waals surface area (Å²) in [5.74, 6) is -0.644. The first-order chi connectivity index (χ1) is 12.4. The minimum Gasteiger partial charge on any atom is -0.338 e. The molecule has 2 amide bonds. The summed E-state index contributed by atoms with van der Waals surface area (Å²) in [6.45, 7) is 2.96. The third-order valence-corrected chi connectivity index (χ3v) is 4.96. The molecule has 1 unspecified atom stereocenters. The summed E-state index contributed by atoms with van der Waals surface area (Å²) < 4.78 is 0.673. The van der Waals surface area contributed by atoms with Crippen LogP contribution in [0.25, 0.3) is 0 Å². The number of H-pyrrole nitrogens is 1. The Morgan fingerprint density at radius 3 is 2.73 bits per heavy atom. The number of likely N-dealkylation sites (tertiary alicyclic amines) is 1. The predicted octanol–water partition coefficient (Wildman–Crippen LogP) is 2.94. The van der Waals surface area contributed by atoms with Gasteiger partial charge in [0.25, 0.3) is 11.5 Å². The number of rotatable bonds is 3. The molecule has 1 atom stereocenters. The Kier molecular flexibility index (Phi) is 5.56. The number of piperidine rings is 1. The van der Waals surface area contributed by atoms with Crippen LogP contribution < -0.4 is 10.9 Å². The molecule has 2 aromatic rings. The van der Waals surface area contributed by atoms with E-state index in [1.54, 1.807) is 11.0 Å². The van der Waals surface area contributed by atoms with E-state index < -0.39 is 0 Å². The van der Waals surface area contributed by atoms with E-state index in [1.165, 1.54) is 6.20 Å². The molecule has 1 fully saturated rings. The molecule has 1 aliphatic heterocycles. The minimum absolute atomic E-state index is 0.0668. The SMILES string of the molecule is Cc1ccc(C(=O)N2CCCC(C(=O)Nc3cc(Br)c[nH]c3=O)C2)cc1. The number of aromatic nitrogens is 1. The van der Waals surface area contributed by atoms with Crippen LogP contribution >= 0.6 is 15.9 Å². The van der Waals surface area contributed by atoms with E-state index in [4.69, 9.17) is 0 Å². The fourth-order valence-corrected chi connectivity index (χ4v) is 3.38. The summed E-state index contributed by atoms with van der Waals surface area (Å²) >= 11 is 3.27. The van der Waals surface area contributed by atoms with Gasteiger partial charge in [0.05, 0.1) is 5.92 Å². The first-order valence-electron chi connectivity index (χ1n) is 8.49. The maximum absolute atomic E-state index is 12.7. The molecule has 0 radical (unpaired) electrons. The lowest BCUT2D eigenvalue weighted by atomic mass is 9.96. The maximum atomic E-state index is 12.7. The second-order valence-electron chi connectivity index (χ2n) is 6.51. The molecular weight excluding hydrogens is 398 g/mol. The van der Waals surface area contributed by atoms with E-state index in [2.05, 4.69) is 26.2 Å². The number of benzene rings is 1. The molecule has 1 aromatic carbocycles. The van der Waals surface area contributed by atoms with Crippen molar-refractivity contribution in [1.82, 2.24) is 9.88 Å². The first kappa shape index (κ1) is 18.4. The number of halogens is 1. The highest BCUT2D eigenvalue weighted by molar-refractivity contribution is 9.10. The van der Waals surface area contributed by atoms with Crippen LogP contribution in [0.3, 0.4) is 0 Å². The molecule has 1 aliphatic rings. The molecule has 0 bridgehead atoms. The van der Waals surface area contributed by atoms with Crippen LogP contribution in [-0.4, -0.2) is 34.8 Å². The van der Waals surface area contributed by atoms with E-state index in [9.17, 15) is 14.4 Å². The number of hydrogen-bond donors (Lipinski definition) is 2. The topological polar surface area (TPSA) is 82.3 Å². The van der Waals surface area contributed by atoms with Crippen LogP contribution in [0, 0.1) is 12.8 Å². The number of carbonyl (C=O) groups is 2. The van der Waals surface area contributed by atoms with Crippen molar-refractivity contribution in [2.45, 2.75) is 19.8 Å². The minimum atomic E-state index is -0.357. The maximum Gasteiger partial charge on any atom is 0.271 e. The van der Waals surface area contributed by atoms with Crippen molar-refractivity contribution < 1.29 is 9.59 Å². The lowest BCUT2D eigenvalue weighted by Crippen LogP contribution is -2.44. The Morgan fingerprint density at radius 1 is 1.27 bits per heavy atom. The van der Waals surface area contributed by atoms with Gasteiger partial charge in [-0.3, -0.25) is 14.4 Å². The van der Waals surface area contributed by atoms with Crippen LogP contribution in [0.4, 0.5) is 5.69 Å². The third kappa shape index (κ3) is 4.22. The van der Waals surface area contributed by atoms with Gasteiger partial charge in [0.1, 0.15) is 5.69 Å². The molecule has 0 saturated carbocycles. The Morgan fingerprint density at radius 2 is 2.00 bits per heavy atom. The summed E-state index contributed by atoms with van der Waals surface area (Å²) in [6.07, 6.45) is 2.96. The summed E-state index contributed by atoms with van der Waals surface area (Å²) in [6, 6.07) is 8.99. The summed E-state index contributed by atoms with van der Waals surface area (Å²) in [4.78, 5) is 41.3. The van der Waals surface area contributed by atoms with Crippen molar-refractivity contribution in [2.75, 3.05) is 18.4 Å². The van der Waals surface area contributed by atoms with Gasteiger partial charge in [0.2, 0.25) is 5.91 Å². The average molecular weight is 418 g/mol.